The van der Waals surface area contributed by atoms with E-state index >= 15 is 0 Å². The summed E-state index contributed by atoms with van der Waals surface area (Å²) in [5.41, 5.74) is 3.24. The van der Waals surface area contributed by atoms with Gasteiger partial charge in [-0.05, 0) is 19.1 Å². The third-order valence-corrected chi connectivity index (χ3v) is 3.83. The van der Waals surface area contributed by atoms with E-state index in [1.54, 1.807) is 12.4 Å². The van der Waals surface area contributed by atoms with Gasteiger partial charge in [0.05, 0.1) is 17.8 Å². The minimum atomic E-state index is -0.863. The molecule has 0 saturated carbocycles. The molecule has 0 radical (unpaired) electrons. The maximum atomic E-state index is 11.1. The molecule has 0 aliphatic carbocycles. The van der Waals surface area contributed by atoms with Crippen molar-refractivity contribution < 1.29 is 9.90 Å². The Kier molecular flexibility index (Phi) is 2.79. The van der Waals surface area contributed by atoms with Crippen LogP contribution in [0, 0.1) is 6.92 Å². The van der Waals surface area contributed by atoms with Crippen LogP contribution in [-0.4, -0.2) is 25.4 Å². The summed E-state index contributed by atoms with van der Waals surface area (Å²) in [6.07, 6.45) is 3.33. The number of pyridine rings is 1. The molecule has 0 bridgehead atoms. The lowest BCUT2D eigenvalue weighted by Gasteiger charge is -2.02. The summed E-state index contributed by atoms with van der Waals surface area (Å²) in [6.45, 7) is 1.95. The topological polar surface area (TPSA) is 67.5 Å². The normalized spacial score (nSPS) is 11.0. The van der Waals surface area contributed by atoms with E-state index in [1.165, 1.54) is 11.3 Å². The molecule has 0 spiro atoms. The van der Waals surface area contributed by atoms with Gasteiger partial charge >= 0.3 is 5.97 Å². The number of thiazole rings is 1. The summed E-state index contributed by atoms with van der Waals surface area (Å²) in [5, 5.41) is 11.1. The Morgan fingerprint density at radius 2 is 2.37 bits per heavy atom. The van der Waals surface area contributed by atoms with Gasteiger partial charge in [-0.3, -0.25) is 14.2 Å². The van der Waals surface area contributed by atoms with Gasteiger partial charge in [0.1, 0.15) is 0 Å². The van der Waals surface area contributed by atoms with E-state index in [-0.39, 0.29) is 6.42 Å². The number of aryl methyl sites for hydroxylation is 1. The van der Waals surface area contributed by atoms with Crippen molar-refractivity contribution in [2.75, 3.05) is 0 Å². The molecule has 1 N–H and O–H groups in total. The summed E-state index contributed by atoms with van der Waals surface area (Å²) in [5.74, 6) is -0.863. The molecule has 0 aliphatic rings. The number of rotatable bonds is 3. The molecule has 3 heterocycles. The number of imidazole rings is 1. The molecule has 3 aromatic heterocycles. The van der Waals surface area contributed by atoms with Gasteiger partial charge in [0, 0.05) is 29.0 Å². The van der Waals surface area contributed by atoms with E-state index in [2.05, 4.69) is 9.97 Å². The zero-order chi connectivity index (χ0) is 13.4. The first-order chi connectivity index (χ1) is 9.16. The van der Waals surface area contributed by atoms with Crippen LogP contribution in [0.4, 0.5) is 0 Å². The molecule has 0 aromatic carbocycles. The molecule has 0 atom stereocenters. The predicted octanol–water partition coefficient (Wildman–Crippen LogP) is 2.39. The smallest absolute Gasteiger partial charge is 0.309 e. The minimum absolute atomic E-state index is 0.0526. The molecule has 0 amide bonds. The molecule has 6 heteroatoms. The molecule has 19 heavy (non-hydrogen) atoms. The van der Waals surface area contributed by atoms with Crippen LogP contribution in [0.2, 0.25) is 0 Å². The molecule has 0 unspecified atom stereocenters. The van der Waals surface area contributed by atoms with Crippen molar-refractivity contribution >= 4 is 22.3 Å². The number of carboxylic acid groups (broad SMARTS) is 1. The average molecular weight is 273 g/mol. The first-order valence-electron chi connectivity index (χ1n) is 5.74. The zero-order valence-corrected chi connectivity index (χ0v) is 11.0. The van der Waals surface area contributed by atoms with Crippen LogP contribution in [0.15, 0.2) is 29.9 Å². The monoisotopic (exact) mass is 273 g/mol. The number of aliphatic carboxylic acids is 1. The molecular weight excluding hydrogens is 262 g/mol. The maximum Gasteiger partial charge on any atom is 0.309 e. The Bertz CT molecular complexity index is 746. The van der Waals surface area contributed by atoms with E-state index < -0.39 is 5.97 Å². The van der Waals surface area contributed by atoms with Crippen molar-refractivity contribution in [2.24, 2.45) is 0 Å². The fraction of sp³-hybridized carbons (Fsp3) is 0.154. The lowest BCUT2D eigenvalue weighted by Crippen LogP contribution is -2.05. The Balaban J connectivity index is 2.26. The van der Waals surface area contributed by atoms with Gasteiger partial charge in [-0.15, -0.1) is 11.3 Å². The maximum absolute atomic E-state index is 11.1. The SMILES string of the molecule is Cc1csc2nc(-c3cccnc3)c(CC(=O)O)n12. The Hall–Kier alpha value is -2.21. The lowest BCUT2D eigenvalue weighted by atomic mass is 10.1. The van der Waals surface area contributed by atoms with Crippen molar-refractivity contribution in [3.05, 3.63) is 41.3 Å². The number of hydrogen-bond donors (Lipinski definition) is 1. The van der Waals surface area contributed by atoms with Crippen LogP contribution in [0.5, 0.6) is 0 Å². The van der Waals surface area contributed by atoms with Gasteiger partial charge in [-0.1, -0.05) is 0 Å². The third kappa shape index (κ3) is 2.00. The van der Waals surface area contributed by atoms with Crippen LogP contribution in [0.1, 0.15) is 11.4 Å². The van der Waals surface area contributed by atoms with E-state index in [0.717, 1.165) is 16.2 Å². The Morgan fingerprint density at radius 1 is 1.53 bits per heavy atom. The van der Waals surface area contributed by atoms with Crippen molar-refractivity contribution in [1.29, 1.82) is 0 Å². The number of hydrogen-bond acceptors (Lipinski definition) is 4. The summed E-state index contributed by atoms with van der Waals surface area (Å²) >= 11 is 1.51. The zero-order valence-electron chi connectivity index (χ0n) is 10.2. The van der Waals surface area contributed by atoms with Crippen LogP contribution in [-0.2, 0) is 11.2 Å². The average Bonchev–Trinajstić information content (AvgIpc) is 2.92. The standard InChI is InChI=1S/C13H11N3O2S/c1-8-7-19-13-15-12(9-3-2-4-14-6-9)10(16(8)13)5-11(17)18/h2-4,6-7H,5H2,1H3,(H,17,18). The predicted molar refractivity (Wildman–Crippen MR) is 72.4 cm³/mol. The first kappa shape index (κ1) is 11.9. The van der Waals surface area contributed by atoms with Crippen molar-refractivity contribution in [3.63, 3.8) is 0 Å². The van der Waals surface area contributed by atoms with Crippen LogP contribution in [0.25, 0.3) is 16.2 Å². The molecule has 0 fully saturated rings. The van der Waals surface area contributed by atoms with Crippen molar-refractivity contribution in [2.45, 2.75) is 13.3 Å². The third-order valence-electron chi connectivity index (χ3n) is 2.88. The first-order valence-corrected chi connectivity index (χ1v) is 6.62. The number of fused-ring (bicyclic) bond motifs is 1. The summed E-state index contributed by atoms with van der Waals surface area (Å²) < 4.78 is 1.90. The van der Waals surface area contributed by atoms with Crippen LogP contribution >= 0.6 is 11.3 Å². The highest BCUT2D eigenvalue weighted by atomic mass is 32.1. The van der Waals surface area contributed by atoms with Crippen LogP contribution < -0.4 is 0 Å². The van der Waals surface area contributed by atoms with Gasteiger partial charge in [0.25, 0.3) is 0 Å². The summed E-state index contributed by atoms with van der Waals surface area (Å²) in [4.78, 5) is 20.5. The highest BCUT2D eigenvalue weighted by Crippen LogP contribution is 2.28. The number of aromatic nitrogens is 3. The van der Waals surface area contributed by atoms with E-state index in [9.17, 15) is 4.79 Å². The number of carbonyl (C=O) groups is 1. The van der Waals surface area contributed by atoms with Crippen molar-refractivity contribution in [3.8, 4) is 11.3 Å². The van der Waals surface area contributed by atoms with E-state index in [0.29, 0.717) is 11.4 Å². The van der Waals surface area contributed by atoms with Crippen LogP contribution in [0.3, 0.4) is 0 Å². The Labute approximate surface area is 113 Å². The van der Waals surface area contributed by atoms with E-state index in [4.69, 9.17) is 5.11 Å². The fourth-order valence-electron chi connectivity index (χ4n) is 2.11. The van der Waals surface area contributed by atoms with Gasteiger partial charge in [0.2, 0.25) is 0 Å². The highest BCUT2D eigenvalue weighted by Gasteiger charge is 2.18. The quantitative estimate of drug-likeness (QED) is 0.795. The highest BCUT2D eigenvalue weighted by molar-refractivity contribution is 7.15. The second-order valence-electron chi connectivity index (χ2n) is 4.21. The Morgan fingerprint density at radius 3 is 3.05 bits per heavy atom. The lowest BCUT2D eigenvalue weighted by molar-refractivity contribution is -0.136. The summed E-state index contributed by atoms with van der Waals surface area (Å²) in [6, 6.07) is 3.71. The number of carboxylic acids is 1. The number of nitrogens with zero attached hydrogens (tertiary/aromatic N) is 3. The molecule has 0 aliphatic heterocycles. The molecular formula is C13H11N3O2S. The second-order valence-corrected chi connectivity index (χ2v) is 5.05. The molecule has 3 aromatic rings. The minimum Gasteiger partial charge on any atom is -0.481 e. The molecule has 5 nitrogen and oxygen atoms in total. The second kappa shape index (κ2) is 4.47. The largest absolute Gasteiger partial charge is 0.481 e. The fourth-order valence-corrected chi connectivity index (χ4v) is 2.99. The van der Waals surface area contributed by atoms with Gasteiger partial charge < -0.3 is 5.11 Å². The van der Waals surface area contributed by atoms with Gasteiger partial charge in [-0.2, -0.15) is 0 Å². The van der Waals surface area contributed by atoms with Gasteiger partial charge in [0.15, 0.2) is 4.96 Å². The van der Waals surface area contributed by atoms with Crippen molar-refractivity contribution in [1.82, 2.24) is 14.4 Å². The summed E-state index contributed by atoms with van der Waals surface area (Å²) in [7, 11) is 0. The molecule has 0 saturated heterocycles. The van der Waals surface area contributed by atoms with E-state index in [1.807, 2.05) is 28.8 Å². The molecule has 96 valence electrons. The van der Waals surface area contributed by atoms with Gasteiger partial charge in [-0.25, -0.2) is 4.98 Å². The molecule has 3 rings (SSSR count).